The third kappa shape index (κ3) is 3.38. The van der Waals surface area contributed by atoms with E-state index in [-0.39, 0.29) is 17.0 Å². The summed E-state index contributed by atoms with van der Waals surface area (Å²) in [7, 11) is 0. The molecular formula is C14H11N2O3-. The molecule has 96 valence electrons. The van der Waals surface area contributed by atoms with E-state index in [1.165, 1.54) is 24.4 Å². The average Bonchev–Trinajstić information content (AvgIpc) is 2.42. The maximum Gasteiger partial charge on any atom is 0.270 e. The molecular weight excluding hydrogens is 244 g/mol. The fourth-order valence-corrected chi connectivity index (χ4v) is 1.58. The number of nitrogens with zero attached hydrogens (tertiary/aromatic N) is 2. The molecule has 0 unspecified atom stereocenters. The summed E-state index contributed by atoms with van der Waals surface area (Å²) in [5, 5.41) is 22.1. The quantitative estimate of drug-likeness (QED) is 0.477. The minimum atomic E-state index is -0.534. The summed E-state index contributed by atoms with van der Waals surface area (Å²) in [4.78, 5) is 14.2. The zero-order chi connectivity index (χ0) is 13.7. The van der Waals surface area contributed by atoms with E-state index in [1.54, 1.807) is 0 Å². The SMILES string of the molecule is O=[N+]([O-])c1ccc([O-])c(C=NCc2ccccc2)c1. The van der Waals surface area contributed by atoms with Crippen molar-refractivity contribution in [3.63, 3.8) is 0 Å². The van der Waals surface area contributed by atoms with Crippen LogP contribution in [-0.2, 0) is 6.54 Å². The Morgan fingerprint density at radius 3 is 2.58 bits per heavy atom. The van der Waals surface area contributed by atoms with Gasteiger partial charge in [0.2, 0.25) is 0 Å². The van der Waals surface area contributed by atoms with Crippen molar-refractivity contribution in [2.24, 2.45) is 4.99 Å². The number of nitro groups is 1. The minimum Gasteiger partial charge on any atom is -0.872 e. The summed E-state index contributed by atoms with van der Waals surface area (Å²) in [6, 6.07) is 13.2. The van der Waals surface area contributed by atoms with Gasteiger partial charge in [0, 0.05) is 18.3 Å². The Bertz CT molecular complexity index is 609. The van der Waals surface area contributed by atoms with Crippen molar-refractivity contribution in [3.8, 4) is 5.75 Å². The molecule has 0 spiro atoms. The highest BCUT2D eigenvalue weighted by Gasteiger charge is 2.05. The fourth-order valence-electron chi connectivity index (χ4n) is 1.58. The van der Waals surface area contributed by atoms with Gasteiger partial charge in [-0.2, -0.15) is 0 Å². The Morgan fingerprint density at radius 2 is 1.89 bits per heavy atom. The molecule has 0 aliphatic rings. The van der Waals surface area contributed by atoms with Crippen LogP contribution in [0.5, 0.6) is 5.75 Å². The lowest BCUT2D eigenvalue weighted by molar-refractivity contribution is -0.385. The van der Waals surface area contributed by atoms with Crippen LogP contribution in [0.2, 0.25) is 0 Å². The molecule has 0 fully saturated rings. The number of non-ortho nitro benzene ring substituents is 1. The van der Waals surface area contributed by atoms with Crippen LogP contribution in [0.3, 0.4) is 0 Å². The number of hydrogen-bond donors (Lipinski definition) is 0. The molecule has 0 atom stereocenters. The van der Waals surface area contributed by atoms with Gasteiger partial charge in [-0.1, -0.05) is 42.1 Å². The standard InChI is InChI=1S/C14H12N2O3/c17-14-7-6-13(16(18)19)8-12(14)10-15-9-11-4-2-1-3-5-11/h1-8,10,17H,9H2/p-1. The Morgan fingerprint density at radius 1 is 1.16 bits per heavy atom. The minimum absolute atomic E-state index is 0.110. The molecule has 2 aromatic rings. The van der Waals surface area contributed by atoms with Gasteiger partial charge < -0.3 is 5.11 Å². The first-order chi connectivity index (χ1) is 9.16. The molecule has 0 saturated heterocycles. The summed E-state index contributed by atoms with van der Waals surface area (Å²) in [5.74, 6) is -0.276. The van der Waals surface area contributed by atoms with Gasteiger partial charge in [-0.25, -0.2) is 0 Å². The number of rotatable bonds is 4. The summed E-state index contributed by atoms with van der Waals surface area (Å²) < 4.78 is 0. The number of aliphatic imine (C=N–C) groups is 1. The largest absolute Gasteiger partial charge is 0.872 e. The molecule has 0 aliphatic heterocycles. The van der Waals surface area contributed by atoms with E-state index < -0.39 is 4.92 Å². The van der Waals surface area contributed by atoms with Crippen molar-refractivity contribution in [1.29, 1.82) is 0 Å². The number of hydrogen-bond acceptors (Lipinski definition) is 4. The predicted molar refractivity (Wildman–Crippen MR) is 70.3 cm³/mol. The van der Waals surface area contributed by atoms with Crippen LogP contribution in [0.25, 0.3) is 0 Å². The lowest BCUT2D eigenvalue weighted by Gasteiger charge is -2.08. The van der Waals surface area contributed by atoms with Crippen molar-refractivity contribution in [3.05, 3.63) is 69.8 Å². The smallest absolute Gasteiger partial charge is 0.270 e. The molecule has 2 rings (SSSR count). The maximum atomic E-state index is 11.5. The molecule has 0 radical (unpaired) electrons. The van der Waals surface area contributed by atoms with Crippen LogP contribution in [-0.4, -0.2) is 11.1 Å². The van der Waals surface area contributed by atoms with Gasteiger partial charge in [0.25, 0.3) is 5.69 Å². The Kier molecular flexibility index (Phi) is 3.87. The summed E-state index contributed by atoms with van der Waals surface area (Å²) in [6.45, 7) is 0.434. The molecule has 0 aromatic heterocycles. The summed E-state index contributed by atoms with van der Waals surface area (Å²) in [6.07, 6.45) is 1.38. The van der Waals surface area contributed by atoms with Gasteiger partial charge in [0.05, 0.1) is 11.5 Å². The van der Waals surface area contributed by atoms with Crippen molar-refractivity contribution in [1.82, 2.24) is 0 Å². The van der Waals surface area contributed by atoms with E-state index in [4.69, 9.17) is 0 Å². The van der Waals surface area contributed by atoms with Crippen LogP contribution < -0.4 is 5.11 Å². The highest BCUT2D eigenvalue weighted by Crippen LogP contribution is 2.19. The van der Waals surface area contributed by atoms with Gasteiger partial charge in [-0.15, -0.1) is 0 Å². The van der Waals surface area contributed by atoms with Gasteiger partial charge in [0.1, 0.15) is 0 Å². The third-order valence-electron chi connectivity index (χ3n) is 2.55. The predicted octanol–water partition coefficient (Wildman–Crippen LogP) is 2.29. The van der Waals surface area contributed by atoms with Crippen LogP contribution in [0.4, 0.5) is 5.69 Å². The molecule has 0 saturated carbocycles. The Balaban J connectivity index is 2.14. The van der Waals surface area contributed by atoms with E-state index >= 15 is 0 Å². The van der Waals surface area contributed by atoms with Crippen LogP contribution in [0.1, 0.15) is 11.1 Å². The monoisotopic (exact) mass is 255 g/mol. The van der Waals surface area contributed by atoms with Gasteiger partial charge in [0.15, 0.2) is 0 Å². The van der Waals surface area contributed by atoms with Gasteiger partial charge in [-0.05, 0) is 11.1 Å². The first-order valence-corrected chi connectivity index (χ1v) is 5.66. The van der Waals surface area contributed by atoms with Gasteiger partial charge >= 0.3 is 0 Å². The fraction of sp³-hybridized carbons (Fsp3) is 0.0714. The van der Waals surface area contributed by atoms with Crippen molar-refractivity contribution in [2.45, 2.75) is 6.54 Å². The van der Waals surface area contributed by atoms with E-state index in [0.717, 1.165) is 5.56 Å². The topological polar surface area (TPSA) is 78.6 Å². The van der Waals surface area contributed by atoms with E-state index in [1.807, 2.05) is 30.3 Å². The Hall–Kier alpha value is -2.69. The zero-order valence-electron chi connectivity index (χ0n) is 10.0. The summed E-state index contributed by atoms with van der Waals surface area (Å²) in [5.41, 5.74) is 1.13. The average molecular weight is 255 g/mol. The second-order valence-corrected chi connectivity index (χ2v) is 3.93. The molecule has 19 heavy (non-hydrogen) atoms. The van der Waals surface area contributed by atoms with Crippen molar-refractivity contribution < 1.29 is 10.0 Å². The van der Waals surface area contributed by atoms with E-state index in [9.17, 15) is 15.2 Å². The highest BCUT2D eigenvalue weighted by molar-refractivity contribution is 5.84. The highest BCUT2D eigenvalue weighted by atomic mass is 16.6. The van der Waals surface area contributed by atoms with Crippen molar-refractivity contribution in [2.75, 3.05) is 0 Å². The lowest BCUT2D eigenvalue weighted by Crippen LogP contribution is -1.98. The third-order valence-corrected chi connectivity index (χ3v) is 2.55. The Labute approximate surface area is 110 Å². The molecule has 0 bridgehead atoms. The molecule has 5 heteroatoms. The maximum absolute atomic E-state index is 11.5. The molecule has 0 N–H and O–H groups in total. The van der Waals surface area contributed by atoms with Gasteiger partial charge in [-0.3, -0.25) is 15.1 Å². The normalized spacial score (nSPS) is 10.7. The number of nitro benzene ring substituents is 1. The van der Waals surface area contributed by atoms with Crippen molar-refractivity contribution >= 4 is 11.9 Å². The second kappa shape index (κ2) is 5.77. The molecule has 0 amide bonds. The molecule has 0 heterocycles. The lowest BCUT2D eigenvalue weighted by atomic mass is 10.2. The van der Waals surface area contributed by atoms with Crippen LogP contribution in [0.15, 0.2) is 53.5 Å². The van der Waals surface area contributed by atoms with Crippen LogP contribution >= 0.6 is 0 Å². The number of benzene rings is 2. The molecule has 0 aliphatic carbocycles. The molecule has 2 aromatic carbocycles. The first kappa shape index (κ1) is 12.8. The zero-order valence-corrected chi connectivity index (χ0v) is 10.0. The second-order valence-electron chi connectivity index (χ2n) is 3.93. The van der Waals surface area contributed by atoms with Crippen LogP contribution in [0, 0.1) is 10.1 Å². The van der Waals surface area contributed by atoms with E-state index in [0.29, 0.717) is 6.54 Å². The summed E-state index contributed by atoms with van der Waals surface area (Å²) >= 11 is 0. The van der Waals surface area contributed by atoms with E-state index in [2.05, 4.69) is 4.99 Å². The molecule has 5 nitrogen and oxygen atoms in total. The first-order valence-electron chi connectivity index (χ1n) is 5.66.